The molecule has 0 aliphatic heterocycles. The fraction of sp³-hybridized carbons (Fsp3) is 0.357. The summed E-state index contributed by atoms with van der Waals surface area (Å²) >= 11 is 1.59. The highest BCUT2D eigenvalue weighted by atomic mass is 32.1. The standard InChI is InChI=1S/C14H18N2O2S/c1-9(6-14(15)18)16-8-11(17)13-7-10-4-2-3-5-12(10)19-13/h2-5,7,9,11,16-17H,6,8H2,1H3,(H2,15,18). The highest BCUT2D eigenvalue weighted by Crippen LogP contribution is 2.29. The van der Waals surface area contributed by atoms with Gasteiger partial charge in [-0.1, -0.05) is 18.2 Å². The van der Waals surface area contributed by atoms with Crippen molar-refractivity contribution in [3.63, 3.8) is 0 Å². The van der Waals surface area contributed by atoms with Gasteiger partial charge in [-0.2, -0.15) is 0 Å². The Labute approximate surface area is 116 Å². The Hall–Kier alpha value is -1.43. The Morgan fingerprint density at radius 1 is 1.47 bits per heavy atom. The van der Waals surface area contributed by atoms with Gasteiger partial charge in [0.1, 0.15) is 6.10 Å². The highest BCUT2D eigenvalue weighted by molar-refractivity contribution is 7.19. The molecule has 2 atom stereocenters. The molecule has 0 bridgehead atoms. The molecule has 102 valence electrons. The van der Waals surface area contributed by atoms with Gasteiger partial charge in [-0.05, 0) is 24.4 Å². The van der Waals surface area contributed by atoms with Crippen molar-refractivity contribution in [2.75, 3.05) is 6.54 Å². The lowest BCUT2D eigenvalue weighted by molar-refractivity contribution is -0.118. The Kier molecular flexibility index (Phi) is 4.52. The van der Waals surface area contributed by atoms with Crippen molar-refractivity contribution < 1.29 is 9.90 Å². The summed E-state index contributed by atoms with van der Waals surface area (Å²) < 4.78 is 1.17. The second-order valence-corrected chi connectivity index (χ2v) is 5.80. The Morgan fingerprint density at radius 2 is 2.21 bits per heavy atom. The second-order valence-electron chi connectivity index (χ2n) is 4.68. The van der Waals surface area contributed by atoms with E-state index in [-0.39, 0.29) is 18.4 Å². The van der Waals surface area contributed by atoms with Crippen LogP contribution in [0.4, 0.5) is 0 Å². The lowest BCUT2D eigenvalue weighted by atomic mass is 10.2. The molecule has 0 spiro atoms. The van der Waals surface area contributed by atoms with Crippen molar-refractivity contribution in [2.24, 2.45) is 5.73 Å². The van der Waals surface area contributed by atoms with Crippen LogP contribution in [0.3, 0.4) is 0 Å². The number of carbonyl (C=O) groups is 1. The molecule has 0 saturated carbocycles. The third-order valence-corrected chi connectivity index (χ3v) is 4.16. The Balaban J connectivity index is 1.96. The van der Waals surface area contributed by atoms with Crippen LogP contribution in [0.15, 0.2) is 30.3 Å². The van der Waals surface area contributed by atoms with Crippen molar-refractivity contribution in [3.8, 4) is 0 Å². The molecule has 1 amide bonds. The van der Waals surface area contributed by atoms with Gasteiger partial charge in [0.05, 0.1) is 0 Å². The number of benzene rings is 1. The lowest BCUT2D eigenvalue weighted by Crippen LogP contribution is -2.33. The average Bonchev–Trinajstić information content (AvgIpc) is 2.78. The minimum Gasteiger partial charge on any atom is -0.386 e. The van der Waals surface area contributed by atoms with E-state index in [1.54, 1.807) is 11.3 Å². The Morgan fingerprint density at radius 3 is 2.89 bits per heavy atom. The SMILES string of the molecule is CC(CC(N)=O)NCC(O)c1cc2ccccc2s1. The summed E-state index contributed by atoms with van der Waals surface area (Å²) in [6.45, 7) is 2.30. The zero-order valence-corrected chi connectivity index (χ0v) is 11.6. The van der Waals surface area contributed by atoms with Crippen LogP contribution in [0.2, 0.25) is 0 Å². The molecule has 5 heteroatoms. The normalized spacial score (nSPS) is 14.4. The quantitative estimate of drug-likeness (QED) is 0.754. The summed E-state index contributed by atoms with van der Waals surface area (Å²) in [6.07, 6.45) is -0.285. The van der Waals surface area contributed by atoms with E-state index in [1.807, 2.05) is 37.3 Å². The monoisotopic (exact) mass is 278 g/mol. The number of nitrogens with two attached hydrogens (primary N) is 1. The first-order valence-corrected chi connectivity index (χ1v) is 7.06. The number of rotatable bonds is 6. The van der Waals surface area contributed by atoms with Crippen LogP contribution in [0.1, 0.15) is 24.3 Å². The molecule has 0 saturated heterocycles. The van der Waals surface area contributed by atoms with Crippen LogP contribution in [0.5, 0.6) is 0 Å². The van der Waals surface area contributed by atoms with Gasteiger partial charge in [0, 0.05) is 28.6 Å². The first kappa shape index (κ1) is 14.0. The van der Waals surface area contributed by atoms with E-state index in [9.17, 15) is 9.90 Å². The topological polar surface area (TPSA) is 75.4 Å². The zero-order chi connectivity index (χ0) is 13.8. The molecular weight excluding hydrogens is 260 g/mol. The van der Waals surface area contributed by atoms with Crippen molar-refractivity contribution in [3.05, 3.63) is 35.2 Å². The molecule has 0 aliphatic carbocycles. The largest absolute Gasteiger partial charge is 0.386 e. The third kappa shape index (κ3) is 3.76. The van der Waals surface area contributed by atoms with Gasteiger partial charge in [0.15, 0.2) is 0 Å². The van der Waals surface area contributed by atoms with E-state index in [2.05, 4.69) is 5.32 Å². The van der Waals surface area contributed by atoms with E-state index in [1.165, 1.54) is 4.70 Å². The summed E-state index contributed by atoms with van der Waals surface area (Å²) in [5.74, 6) is -0.337. The molecule has 2 rings (SSSR count). The van der Waals surface area contributed by atoms with Gasteiger partial charge in [-0.15, -0.1) is 11.3 Å². The molecule has 0 radical (unpaired) electrons. The number of carbonyl (C=O) groups excluding carboxylic acids is 1. The van der Waals surface area contributed by atoms with E-state index < -0.39 is 6.10 Å². The molecule has 0 fully saturated rings. The predicted octanol–water partition coefficient (Wildman–Crippen LogP) is 1.79. The molecule has 19 heavy (non-hydrogen) atoms. The maximum atomic E-state index is 10.8. The van der Waals surface area contributed by atoms with Crippen molar-refractivity contribution in [1.29, 1.82) is 0 Å². The number of aliphatic hydroxyl groups is 1. The first-order valence-electron chi connectivity index (χ1n) is 6.24. The molecule has 1 aromatic carbocycles. The van der Waals surface area contributed by atoms with Crippen LogP contribution >= 0.6 is 11.3 Å². The van der Waals surface area contributed by atoms with Crippen LogP contribution < -0.4 is 11.1 Å². The summed E-state index contributed by atoms with van der Waals surface area (Å²) in [4.78, 5) is 11.7. The minimum atomic E-state index is -0.562. The van der Waals surface area contributed by atoms with E-state index in [0.29, 0.717) is 6.54 Å². The predicted molar refractivity (Wildman–Crippen MR) is 78.1 cm³/mol. The minimum absolute atomic E-state index is 0.0264. The van der Waals surface area contributed by atoms with Crippen LogP contribution in [-0.4, -0.2) is 23.6 Å². The van der Waals surface area contributed by atoms with Gasteiger partial charge in [0.2, 0.25) is 5.91 Å². The highest BCUT2D eigenvalue weighted by Gasteiger charge is 2.13. The van der Waals surface area contributed by atoms with Crippen molar-refractivity contribution in [2.45, 2.75) is 25.5 Å². The molecule has 1 aromatic heterocycles. The maximum absolute atomic E-state index is 10.8. The molecule has 4 nitrogen and oxygen atoms in total. The smallest absolute Gasteiger partial charge is 0.218 e. The van der Waals surface area contributed by atoms with E-state index in [0.717, 1.165) is 10.3 Å². The molecule has 2 unspecified atom stereocenters. The molecular formula is C14H18N2O2S. The third-order valence-electron chi connectivity index (χ3n) is 2.94. The van der Waals surface area contributed by atoms with Gasteiger partial charge < -0.3 is 16.2 Å². The summed E-state index contributed by atoms with van der Waals surface area (Å²) in [5.41, 5.74) is 5.12. The van der Waals surface area contributed by atoms with Gasteiger partial charge in [-0.25, -0.2) is 0 Å². The fourth-order valence-corrected chi connectivity index (χ4v) is 3.00. The fourth-order valence-electron chi connectivity index (χ4n) is 1.95. The summed E-state index contributed by atoms with van der Waals surface area (Å²) in [6, 6.07) is 10.0. The number of fused-ring (bicyclic) bond motifs is 1. The number of nitrogens with one attached hydrogen (secondary N) is 1. The number of hydrogen-bond acceptors (Lipinski definition) is 4. The van der Waals surface area contributed by atoms with Gasteiger partial charge >= 0.3 is 0 Å². The Bertz CT molecular complexity index is 534. The maximum Gasteiger partial charge on any atom is 0.218 e. The lowest BCUT2D eigenvalue weighted by Gasteiger charge is -2.14. The van der Waals surface area contributed by atoms with Crippen LogP contribution in [0.25, 0.3) is 10.1 Å². The van der Waals surface area contributed by atoms with E-state index in [4.69, 9.17) is 5.73 Å². The number of amides is 1. The first-order chi connectivity index (χ1) is 9.06. The average molecular weight is 278 g/mol. The number of aliphatic hydroxyl groups excluding tert-OH is 1. The summed E-state index contributed by atoms with van der Waals surface area (Å²) in [5, 5.41) is 14.4. The molecule has 0 aliphatic rings. The molecule has 2 aromatic rings. The molecule has 4 N–H and O–H groups in total. The van der Waals surface area contributed by atoms with Gasteiger partial charge in [-0.3, -0.25) is 4.79 Å². The number of primary amides is 1. The van der Waals surface area contributed by atoms with Crippen LogP contribution in [0, 0.1) is 0 Å². The van der Waals surface area contributed by atoms with Crippen LogP contribution in [-0.2, 0) is 4.79 Å². The van der Waals surface area contributed by atoms with Crippen molar-refractivity contribution in [1.82, 2.24) is 5.32 Å². The molecule has 1 heterocycles. The van der Waals surface area contributed by atoms with Gasteiger partial charge in [0.25, 0.3) is 0 Å². The zero-order valence-electron chi connectivity index (χ0n) is 10.8. The second kappa shape index (κ2) is 6.14. The number of thiophene rings is 1. The van der Waals surface area contributed by atoms with E-state index >= 15 is 0 Å². The summed E-state index contributed by atoms with van der Waals surface area (Å²) in [7, 11) is 0. The number of hydrogen-bond donors (Lipinski definition) is 3. The van der Waals surface area contributed by atoms with Crippen molar-refractivity contribution >= 4 is 27.3 Å².